The van der Waals surface area contributed by atoms with Crippen LogP contribution >= 0.6 is 0 Å². The molecule has 0 saturated carbocycles. The summed E-state index contributed by atoms with van der Waals surface area (Å²) in [4.78, 5) is 5.01. The zero-order valence-corrected chi connectivity index (χ0v) is 45.8. The number of rotatable bonds is 6. The predicted octanol–water partition coefficient (Wildman–Crippen LogP) is 21.0. The maximum Gasteiger partial charge on any atom is 0.0737 e. The molecule has 81 heavy (non-hydrogen) atoms. The molecule has 0 aromatic heterocycles. The maximum atomic E-state index is 2.58. The Kier molecular flexibility index (Phi) is 9.49. The Labute approximate surface area is 473 Å². The van der Waals surface area contributed by atoms with Crippen molar-refractivity contribution in [3.63, 3.8) is 0 Å². The topological polar surface area (TPSA) is 6.48 Å². The van der Waals surface area contributed by atoms with E-state index in [0.29, 0.717) is 0 Å². The van der Waals surface area contributed by atoms with Gasteiger partial charge in [0.1, 0.15) is 0 Å². The van der Waals surface area contributed by atoms with Gasteiger partial charge in [0.2, 0.25) is 0 Å². The van der Waals surface area contributed by atoms with E-state index in [4.69, 9.17) is 0 Å². The molecule has 4 aliphatic carbocycles. The van der Waals surface area contributed by atoms with Gasteiger partial charge in [0.25, 0.3) is 0 Å². The summed E-state index contributed by atoms with van der Waals surface area (Å²) >= 11 is 0. The summed E-state index contributed by atoms with van der Waals surface area (Å²) in [5.74, 6) is 0. The van der Waals surface area contributed by atoms with Crippen molar-refractivity contribution in [2.24, 2.45) is 0 Å². The van der Waals surface area contributed by atoms with Gasteiger partial charge >= 0.3 is 0 Å². The molecule has 0 atom stereocenters. The average molecular weight is 1030 g/mol. The zero-order valence-electron chi connectivity index (χ0n) is 45.8. The number of hydrogen-bond acceptors (Lipinski definition) is 2. The van der Waals surface area contributed by atoms with Crippen LogP contribution < -0.4 is 9.80 Å². The quantitative estimate of drug-likeness (QED) is 0.153. The fraction of sp³-hybridized carbons (Fsp3) is 0.0886. The van der Waals surface area contributed by atoms with Gasteiger partial charge in [-0.05, 0) is 183 Å². The molecule has 0 aliphatic heterocycles. The van der Waals surface area contributed by atoms with Crippen LogP contribution in [-0.2, 0) is 16.2 Å². The molecule has 0 N–H and O–H groups in total. The summed E-state index contributed by atoms with van der Waals surface area (Å²) in [6.07, 6.45) is 0. The molecule has 2 nitrogen and oxygen atoms in total. The molecular weight excluding hydrogens is 977 g/mol. The molecule has 0 amide bonds. The van der Waals surface area contributed by atoms with Gasteiger partial charge < -0.3 is 9.80 Å². The molecule has 2 heteroatoms. The van der Waals surface area contributed by atoms with E-state index in [1.807, 2.05) is 0 Å². The summed E-state index contributed by atoms with van der Waals surface area (Å²) < 4.78 is 0. The van der Waals surface area contributed by atoms with Crippen LogP contribution in [0.5, 0.6) is 0 Å². The van der Waals surface area contributed by atoms with E-state index in [0.717, 1.165) is 34.1 Å². The molecule has 13 aromatic carbocycles. The van der Waals surface area contributed by atoms with Gasteiger partial charge in [-0.15, -0.1) is 0 Å². The lowest BCUT2D eigenvalue weighted by atomic mass is 9.68. The van der Waals surface area contributed by atoms with E-state index in [1.54, 1.807) is 0 Å². The number of benzene rings is 13. The molecule has 382 valence electrons. The minimum absolute atomic E-state index is 0.144. The van der Waals surface area contributed by atoms with Crippen LogP contribution in [0.3, 0.4) is 0 Å². The monoisotopic (exact) mass is 1030 g/mol. The Bertz CT molecular complexity index is 4780. The van der Waals surface area contributed by atoms with Crippen molar-refractivity contribution >= 4 is 66.4 Å². The average Bonchev–Trinajstić information content (AvgIpc) is 1.97. The summed E-state index contributed by atoms with van der Waals surface area (Å²) in [5.41, 5.74) is 27.1. The normalized spacial score (nSPS) is 14.7. The van der Waals surface area contributed by atoms with Crippen molar-refractivity contribution in [2.75, 3.05) is 9.80 Å². The number of para-hydroxylation sites is 2. The summed E-state index contributed by atoms with van der Waals surface area (Å²) in [6.45, 7) is 9.53. The van der Waals surface area contributed by atoms with Gasteiger partial charge in [-0.3, -0.25) is 0 Å². The third-order valence-electron chi connectivity index (χ3n) is 19.2. The Morgan fingerprint density at radius 2 is 0.630 bits per heavy atom. The van der Waals surface area contributed by atoms with E-state index in [-0.39, 0.29) is 10.8 Å². The molecule has 0 radical (unpaired) electrons. The largest absolute Gasteiger partial charge is 0.310 e. The molecule has 0 fully saturated rings. The highest BCUT2D eigenvalue weighted by molar-refractivity contribution is 6.23. The second-order valence-corrected chi connectivity index (χ2v) is 23.9. The Morgan fingerprint density at radius 1 is 0.235 bits per heavy atom. The van der Waals surface area contributed by atoms with E-state index in [2.05, 4.69) is 304 Å². The van der Waals surface area contributed by atoms with Crippen molar-refractivity contribution in [1.29, 1.82) is 0 Å². The zero-order chi connectivity index (χ0) is 53.9. The lowest BCUT2D eigenvalue weighted by Crippen LogP contribution is -2.27. The highest BCUT2D eigenvalue weighted by Gasteiger charge is 2.54. The fourth-order valence-electron chi connectivity index (χ4n) is 15.7. The molecule has 4 aliphatic rings. The van der Waals surface area contributed by atoms with Crippen LogP contribution in [-0.4, -0.2) is 0 Å². The predicted molar refractivity (Wildman–Crippen MR) is 340 cm³/mol. The van der Waals surface area contributed by atoms with Gasteiger partial charge in [0.05, 0.1) is 11.1 Å². The lowest BCUT2D eigenvalue weighted by molar-refractivity contribution is 0.660. The van der Waals surface area contributed by atoms with Crippen LogP contribution in [0.2, 0.25) is 0 Å². The maximum absolute atomic E-state index is 2.58. The minimum atomic E-state index is -0.652. The highest BCUT2D eigenvalue weighted by Crippen LogP contribution is 2.68. The lowest BCUT2D eigenvalue weighted by Gasteiger charge is -2.34. The van der Waals surface area contributed by atoms with Crippen molar-refractivity contribution in [3.8, 4) is 44.5 Å². The molecular formula is C79H56N2. The molecule has 0 unspecified atom stereocenters. The third kappa shape index (κ3) is 6.12. The molecule has 1 spiro atoms. The van der Waals surface area contributed by atoms with Gasteiger partial charge in [-0.2, -0.15) is 0 Å². The first-order valence-electron chi connectivity index (χ1n) is 28.7. The standard InChI is InChI=1S/C79H56N2/c1-77(2)67-35-19-15-28-55(67)59-42-39-52(46-71(59)77)80(49-23-7-5-8-24-49)51-41-44-64-65(45-51)54-27-11-13-33-62(54)74-66-48-73(81(50-25-9-6-10-26-50)53-40-43-60-56-29-16-20-36-68(56)78(3,4)72(60)47-53)61-32-12-14-34-63(61)75(66)79(76(64)74)69-37-21-17-30-57(69)58-31-18-22-38-70(58)79/h5-48H,1-4H3. The van der Waals surface area contributed by atoms with E-state index in [1.165, 1.54) is 121 Å². The van der Waals surface area contributed by atoms with Crippen molar-refractivity contribution in [2.45, 2.75) is 43.9 Å². The molecule has 13 aromatic rings. The Hall–Kier alpha value is -9.76. The van der Waals surface area contributed by atoms with E-state index in [9.17, 15) is 0 Å². The van der Waals surface area contributed by atoms with Crippen LogP contribution in [0.25, 0.3) is 76.8 Å². The summed E-state index contributed by atoms with van der Waals surface area (Å²) in [5, 5.41) is 7.47. The van der Waals surface area contributed by atoms with Gasteiger partial charge in [0, 0.05) is 44.7 Å². The number of fused-ring (bicyclic) bond motifs is 23. The van der Waals surface area contributed by atoms with Gasteiger partial charge in [-0.25, -0.2) is 0 Å². The van der Waals surface area contributed by atoms with Crippen molar-refractivity contribution in [3.05, 3.63) is 311 Å². The van der Waals surface area contributed by atoms with E-state index < -0.39 is 5.41 Å². The molecule has 17 rings (SSSR count). The first-order valence-corrected chi connectivity index (χ1v) is 28.7. The SMILES string of the molecule is CC1(C)c2ccccc2-c2ccc(N(c3ccccc3)c3ccc4c5c(c6ccccc6c4c3)-c3cc(N(c4ccccc4)c4ccc6c(c4)C(C)(C)c4ccccc4-6)c4ccccc4c3C53c4ccccc4-c4ccccc43)cc21. The second kappa shape index (κ2) is 16.6. The first-order chi connectivity index (χ1) is 39.7. The van der Waals surface area contributed by atoms with Gasteiger partial charge in [0.15, 0.2) is 0 Å². The van der Waals surface area contributed by atoms with Crippen LogP contribution in [0.4, 0.5) is 34.1 Å². The van der Waals surface area contributed by atoms with Crippen molar-refractivity contribution < 1.29 is 0 Å². The van der Waals surface area contributed by atoms with Crippen LogP contribution in [0, 0.1) is 0 Å². The number of hydrogen-bond donors (Lipinski definition) is 0. The minimum Gasteiger partial charge on any atom is -0.310 e. The number of anilines is 6. The number of nitrogens with zero attached hydrogens (tertiary/aromatic N) is 2. The first kappa shape index (κ1) is 46.2. The fourth-order valence-corrected chi connectivity index (χ4v) is 15.7. The Morgan fingerprint density at radius 3 is 1.20 bits per heavy atom. The summed E-state index contributed by atoms with van der Waals surface area (Å²) in [6, 6.07) is 101. The second-order valence-electron chi connectivity index (χ2n) is 23.9. The molecule has 0 heterocycles. The smallest absolute Gasteiger partial charge is 0.0737 e. The molecule has 0 saturated heterocycles. The van der Waals surface area contributed by atoms with Gasteiger partial charge in [-0.1, -0.05) is 228 Å². The summed E-state index contributed by atoms with van der Waals surface area (Å²) in [7, 11) is 0. The van der Waals surface area contributed by atoms with E-state index >= 15 is 0 Å². The Balaban J connectivity index is 0.963. The highest BCUT2D eigenvalue weighted by atomic mass is 15.1. The van der Waals surface area contributed by atoms with Crippen molar-refractivity contribution in [1.82, 2.24) is 0 Å². The van der Waals surface area contributed by atoms with Crippen LogP contribution in [0.1, 0.15) is 72.2 Å². The molecule has 0 bridgehead atoms. The van der Waals surface area contributed by atoms with Crippen LogP contribution in [0.15, 0.2) is 267 Å². The third-order valence-corrected chi connectivity index (χ3v) is 19.2.